The molecule has 0 spiro atoms. The first-order valence-electron chi connectivity index (χ1n) is 17.7. The zero-order chi connectivity index (χ0) is 33.5. The van der Waals surface area contributed by atoms with Gasteiger partial charge in [-0.2, -0.15) is 0 Å². The van der Waals surface area contributed by atoms with E-state index in [2.05, 4.69) is 193 Å². The average Bonchev–Trinajstić information content (AvgIpc) is 3.55. The summed E-state index contributed by atoms with van der Waals surface area (Å²) in [6.07, 6.45) is 0. The van der Waals surface area contributed by atoms with Crippen LogP contribution in [0.25, 0.3) is 104 Å². The molecule has 0 aliphatic heterocycles. The van der Waals surface area contributed by atoms with Gasteiger partial charge in [-0.1, -0.05) is 158 Å². The summed E-state index contributed by atoms with van der Waals surface area (Å²) >= 11 is 0. The minimum absolute atomic E-state index is 1.17. The van der Waals surface area contributed by atoms with E-state index in [-0.39, 0.29) is 0 Å². The van der Waals surface area contributed by atoms with E-state index in [0.29, 0.717) is 0 Å². The third-order valence-electron chi connectivity index (χ3n) is 11.0. The molecule has 0 bridgehead atoms. The Balaban J connectivity index is 1.17. The van der Waals surface area contributed by atoms with Crippen molar-refractivity contribution in [3.63, 3.8) is 0 Å². The lowest BCUT2D eigenvalue weighted by molar-refractivity contribution is 1.18. The van der Waals surface area contributed by atoms with E-state index in [1.165, 1.54) is 104 Å². The first kappa shape index (κ1) is 28.2. The van der Waals surface area contributed by atoms with Gasteiger partial charge in [0.1, 0.15) is 0 Å². The van der Waals surface area contributed by atoms with E-state index in [0.717, 1.165) is 0 Å². The van der Waals surface area contributed by atoms with E-state index in [1.54, 1.807) is 0 Å². The lowest BCUT2D eigenvalue weighted by atomic mass is 9.89. The van der Waals surface area contributed by atoms with Crippen LogP contribution in [0.15, 0.2) is 188 Å². The van der Waals surface area contributed by atoms with Crippen molar-refractivity contribution in [3.8, 4) is 27.9 Å². The van der Waals surface area contributed by atoms with Crippen molar-refractivity contribution in [2.75, 3.05) is 0 Å². The summed E-state index contributed by atoms with van der Waals surface area (Å²) in [5, 5.41) is 15.4. The predicted molar refractivity (Wildman–Crippen MR) is 219 cm³/mol. The van der Waals surface area contributed by atoms with Crippen LogP contribution in [0.1, 0.15) is 0 Å². The molecule has 11 aromatic rings. The highest BCUT2D eigenvalue weighted by molar-refractivity contribution is 6.30. The van der Waals surface area contributed by atoms with Gasteiger partial charge in [-0.15, -0.1) is 0 Å². The molecule has 1 heteroatoms. The van der Waals surface area contributed by atoms with Crippen molar-refractivity contribution in [1.29, 1.82) is 0 Å². The van der Waals surface area contributed by atoms with Crippen molar-refractivity contribution in [2.24, 2.45) is 0 Å². The molecule has 0 atom stereocenters. The van der Waals surface area contributed by atoms with Gasteiger partial charge in [0, 0.05) is 16.5 Å². The van der Waals surface area contributed by atoms with Crippen molar-refractivity contribution in [3.05, 3.63) is 188 Å². The van der Waals surface area contributed by atoms with Crippen molar-refractivity contribution in [1.82, 2.24) is 4.57 Å². The fraction of sp³-hybridized carbons (Fsp3) is 0. The largest absolute Gasteiger partial charge is 0.309 e. The maximum Gasteiger partial charge on any atom is 0.0553 e. The molecule has 0 fully saturated rings. The van der Waals surface area contributed by atoms with Gasteiger partial charge < -0.3 is 4.57 Å². The normalized spacial score (nSPS) is 11.9. The van der Waals surface area contributed by atoms with E-state index < -0.39 is 0 Å². The third kappa shape index (κ3) is 4.16. The molecule has 11 rings (SSSR count). The number of benzene rings is 10. The molecular formula is C50H31N. The van der Waals surface area contributed by atoms with Crippen LogP contribution in [0.3, 0.4) is 0 Å². The Morgan fingerprint density at radius 1 is 0.275 bits per heavy atom. The summed E-state index contributed by atoms with van der Waals surface area (Å²) in [6.45, 7) is 0. The minimum atomic E-state index is 1.17. The SMILES string of the molecule is c1ccc(-n2c3ccc4ccccc4c3c3c4ccccc4c(-c4ccc(-c5cc6c7ccccc7ccc6c6ccccc56)cc4)cc32)cc1. The van der Waals surface area contributed by atoms with Crippen LogP contribution in [0.2, 0.25) is 0 Å². The summed E-state index contributed by atoms with van der Waals surface area (Å²) in [6, 6.07) is 69.3. The summed E-state index contributed by atoms with van der Waals surface area (Å²) in [4.78, 5) is 0. The van der Waals surface area contributed by atoms with Gasteiger partial charge >= 0.3 is 0 Å². The summed E-state index contributed by atoms with van der Waals surface area (Å²) in [7, 11) is 0. The molecule has 0 saturated carbocycles. The Hall–Kier alpha value is -6.70. The van der Waals surface area contributed by atoms with Gasteiger partial charge in [0.05, 0.1) is 11.0 Å². The Bertz CT molecular complexity index is 3170. The average molecular weight is 646 g/mol. The number of hydrogen-bond acceptors (Lipinski definition) is 0. The second-order valence-corrected chi connectivity index (χ2v) is 13.6. The maximum atomic E-state index is 2.45. The van der Waals surface area contributed by atoms with Crippen LogP contribution in [0.5, 0.6) is 0 Å². The van der Waals surface area contributed by atoms with Crippen LogP contribution >= 0.6 is 0 Å². The highest BCUT2D eigenvalue weighted by Gasteiger charge is 2.20. The Morgan fingerprint density at radius 2 is 0.765 bits per heavy atom. The lowest BCUT2D eigenvalue weighted by Gasteiger charge is -2.14. The highest BCUT2D eigenvalue weighted by Crippen LogP contribution is 2.44. The van der Waals surface area contributed by atoms with E-state index in [1.807, 2.05) is 0 Å². The first-order chi connectivity index (χ1) is 25.3. The van der Waals surface area contributed by atoms with Gasteiger partial charge in [0.2, 0.25) is 0 Å². The van der Waals surface area contributed by atoms with Gasteiger partial charge in [-0.3, -0.25) is 0 Å². The van der Waals surface area contributed by atoms with E-state index in [9.17, 15) is 0 Å². The Kier molecular flexibility index (Phi) is 6.02. The van der Waals surface area contributed by atoms with Gasteiger partial charge in [-0.05, 0) is 106 Å². The molecule has 0 amide bonds. The Morgan fingerprint density at radius 3 is 1.49 bits per heavy atom. The van der Waals surface area contributed by atoms with Crippen LogP contribution in [0.4, 0.5) is 0 Å². The van der Waals surface area contributed by atoms with Crippen LogP contribution < -0.4 is 0 Å². The summed E-state index contributed by atoms with van der Waals surface area (Å²) in [5.74, 6) is 0. The monoisotopic (exact) mass is 645 g/mol. The summed E-state index contributed by atoms with van der Waals surface area (Å²) < 4.78 is 2.45. The fourth-order valence-electron chi connectivity index (χ4n) is 8.66. The standard InChI is InChI=1S/C50H31N/c1-2-14-36(15-3-1)51-47-29-27-33-13-5-7-17-38(33)49(47)50-43-21-11-10-20-41(43)45(31-48(50)51)35-24-22-34(23-25-35)44-30-46-37-16-6-4-12-32(37)26-28-42(46)39-18-8-9-19-40(39)44/h1-31H. The summed E-state index contributed by atoms with van der Waals surface area (Å²) in [5.41, 5.74) is 8.55. The number of aromatic nitrogens is 1. The molecule has 0 N–H and O–H groups in total. The number of rotatable bonds is 3. The molecule has 0 aliphatic carbocycles. The van der Waals surface area contributed by atoms with Crippen molar-refractivity contribution in [2.45, 2.75) is 0 Å². The number of para-hydroxylation sites is 1. The molecule has 1 nitrogen and oxygen atoms in total. The molecule has 0 saturated heterocycles. The van der Waals surface area contributed by atoms with Crippen molar-refractivity contribution < 1.29 is 0 Å². The topological polar surface area (TPSA) is 4.93 Å². The van der Waals surface area contributed by atoms with E-state index in [4.69, 9.17) is 0 Å². The zero-order valence-electron chi connectivity index (χ0n) is 27.8. The molecule has 0 unspecified atom stereocenters. The highest BCUT2D eigenvalue weighted by atomic mass is 15.0. The molecule has 0 aliphatic rings. The smallest absolute Gasteiger partial charge is 0.0553 e. The van der Waals surface area contributed by atoms with Crippen LogP contribution in [0, 0.1) is 0 Å². The predicted octanol–water partition coefficient (Wildman–Crippen LogP) is 13.9. The first-order valence-corrected chi connectivity index (χ1v) is 17.7. The number of hydrogen-bond donors (Lipinski definition) is 0. The van der Waals surface area contributed by atoms with Gasteiger partial charge in [0.25, 0.3) is 0 Å². The molecule has 0 radical (unpaired) electrons. The second-order valence-electron chi connectivity index (χ2n) is 13.6. The quantitative estimate of drug-likeness (QED) is 0.169. The number of nitrogens with zero attached hydrogens (tertiary/aromatic N) is 1. The third-order valence-corrected chi connectivity index (χ3v) is 11.0. The van der Waals surface area contributed by atoms with E-state index >= 15 is 0 Å². The van der Waals surface area contributed by atoms with Crippen molar-refractivity contribution >= 4 is 75.7 Å². The molecule has 1 heterocycles. The molecule has 236 valence electrons. The van der Waals surface area contributed by atoms with Gasteiger partial charge in [0.15, 0.2) is 0 Å². The lowest BCUT2D eigenvalue weighted by Crippen LogP contribution is -1.94. The molecular weight excluding hydrogens is 615 g/mol. The second kappa shape index (κ2) is 10.9. The minimum Gasteiger partial charge on any atom is -0.309 e. The van der Waals surface area contributed by atoms with Crippen LogP contribution in [-0.2, 0) is 0 Å². The van der Waals surface area contributed by atoms with Crippen LogP contribution in [-0.4, -0.2) is 4.57 Å². The number of fused-ring (bicyclic) bond motifs is 12. The zero-order valence-corrected chi connectivity index (χ0v) is 27.8. The molecule has 51 heavy (non-hydrogen) atoms. The van der Waals surface area contributed by atoms with Gasteiger partial charge in [-0.25, -0.2) is 0 Å². The Labute approximate surface area is 295 Å². The molecule has 10 aromatic carbocycles. The fourth-order valence-corrected chi connectivity index (χ4v) is 8.66. The maximum absolute atomic E-state index is 2.45. The molecule has 1 aromatic heterocycles.